The van der Waals surface area contributed by atoms with Crippen molar-refractivity contribution in [3.8, 4) is 0 Å². The maximum atomic E-state index is 13.3. The van der Waals surface area contributed by atoms with Gasteiger partial charge in [-0.15, -0.1) is 0 Å². The van der Waals surface area contributed by atoms with Crippen molar-refractivity contribution in [1.29, 1.82) is 0 Å². The van der Waals surface area contributed by atoms with Crippen LogP contribution in [0.1, 0.15) is 36.9 Å². The Morgan fingerprint density at radius 3 is 2.70 bits per heavy atom. The van der Waals surface area contributed by atoms with Crippen molar-refractivity contribution >= 4 is 17.6 Å². The van der Waals surface area contributed by atoms with E-state index in [4.69, 9.17) is 0 Å². The molecule has 0 unspecified atom stereocenters. The fourth-order valence-corrected chi connectivity index (χ4v) is 3.07. The molecule has 0 spiro atoms. The van der Waals surface area contributed by atoms with E-state index < -0.39 is 23.7 Å². The number of likely N-dealkylation sites (tertiary alicyclic amines) is 1. The average molecular weight is 373 g/mol. The maximum absolute atomic E-state index is 13.3. The third-order valence-electron chi connectivity index (χ3n) is 4.52. The molecule has 5 nitrogen and oxygen atoms in total. The van der Waals surface area contributed by atoms with Crippen LogP contribution in [0.2, 0.25) is 0 Å². The van der Waals surface area contributed by atoms with Gasteiger partial charge < -0.3 is 15.5 Å². The molecule has 27 heavy (non-hydrogen) atoms. The molecule has 0 aliphatic carbocycles. The second-order valence-corrected chi connectivity index (χ2v) is 6.61. The number of benzene rings is 2. The molecule has 0 aromatic heterocycles. The molecule has 2 aromatic carbocycles. The Balaban J connectivity index is 1.59. The quantitative estimate of drug-likeness (QED) is 0.833. The van der Waals surface area contributed by atoms with Crippen molar-refractivity contribution in [3.05, 3.63) is 65.2 Å². The number of urea groups is 1. The van der Waals surface area contributed by atoms with Gasteiger partial charge in [-0.25, -0.2) is 13.6 Å². The lowest BCUT2D eigenvalue weighted by molar-refractivity contribution is -0.128. The number of rotatable bonds is 5. The molecule has 1 aliphatic rings. The van der Waals surface area contributed by atoms with Gasteiger partial charge in [-0.05, 0) is 48.7 Å². The molecule has 2 N–H and O–H groups in total. The third-order valence-corrected chi connectivity index (χ3v) is 4.52. The SMILES string of the molecule is C[C@H](NC(=O)Nc1cccc(CN2CCCC2=O)c1)c1ccc(F)c(F)c1. The normalized spacial score (nSPS) is 14.9. The van der Waals surface area contributed by atoms with Crippen molar-refractivity contribution in [2.45, 2.75) is 32.4 Å². The van der Waals surface area contributed by atoms with Gasteiger partial charge in [0.1, 0.15) is 0 Å². The highest BCUT2D eigenvalue weighted by molar-refractivity contribution is 5.89. The van der Waals surface area contributed by atoms with Gasteiger partial charge >= 0.3 is 6.03 Å². The summed E-state index contributed by atoms with van der Waals surface area (Å²) in [5.41, 5.74) is 1.98. The zero-order valence-corrected chi connectivity index (χ0v) is 15.0. The zero-order chi connectivity index (χ0) is 19.4. The van der Waals surface area contributed by atoms with Gasteiger partial charge in [-0.2, -0.15) is 0 Å². The molecule has 1 heterocycles. The first-order valence-corrected chi connectivity index (χ1v) is 8.81. The van der Waals surface area contributed by atoms with Gasteiger partial charge in [0.05, 0.1) is 6.04 Å². The van der Waals surface area contributed by atoms with Crippen molar-refractivity contribution in [2.24, 2.45) is 0 Å². The van der Waals surface area contributed by atoms with Crippen molar-refractivity contribution < 1.29 is 18.4 Å². The summed E-state index contributed by atoms with van der Waals surface area (Å²) in [6, 6.07) is 9.84. The number of nitrogens with zero attached hydrogens (tertiary/aromatic N) is 1. The van der Waals surface area contributed by atoms with Crippen LogP contribution in [-0.4, -0.2) is 23.4 Å². The second-order valence-electron chi connectivity index (χ2n) is 6.61. The minimum absolute atomic E-state index is 0.145. The number of carbonyl (C=O) groups is 2. The number of anilines is 1. The van der Waals surface area contributed by atoms with E-state index in [1.54, 1.807) is 17.9 Å². The summed E-state index contributed by atoms with van der Waals surface area (Å²) in [5.74, 6) is -1.74. The van der Waals surface area contributed by atoms with Crippen LogP contribution < -0.4 is 10.6 Å². The van der Waals surface area contributed by atoms with E-state index in [-0.39, 0.29) is 5.91 Å². The molecule has 1 fully saturated rings. The summed E-state index contributed by atoms with van der Waals surface area (Å²) < 4.78 is 26.4. The van der Waals surface area contributed by atoms with Crippen LogP contribution >= 0.6 is 0 Å². The fraction of sp³-hybridized carbons (Fsp3) is 0.300. The first kappa shape index (κ1) is 18.8. The number of amides is 3. The Morgan fingerprint density at radius 1 is 1.19 bits per heavy atom. The number of nitrogens with one attached hydrogen (secondary N) is 2. The van der Waals surface area contributed by atoms with Crippen molar-refractivity contribution in [1.82, 2.24) is 10.2 Å². The van der Waals surface area contributed by atoms with Crippen LogP contribution in [0.4, 0.5) is 19.3 Å². The van der Waals surface area contributed by atoms with Crippen molar-refractivity contribution in [3.63, 3.8) is 0 Å². The molecule has 3 amide bonds. The first-order chi connectivity index (χ1) is 12.9. The molecule has 1 atom stereocenters. The van der Waals surface area contributed by atoms with E-state index in [0.717, 1.165) is 30.7 Å². The van der Waals surface area contributed by atoms with E-state index in [1.165, 1.54) is 6.07 Å². The van der Waals surface area contributed by atoms with E-state index in [0.29, 0.717) is 24.2 Å². The highest BCUT2D eigenvalue weighted by Crippen LogP contribution is 2.18. The Kier molecular flexibility index (Phi) is 5.69. The molecular formula is C20H21F2N3O2. The Bertz CT molecular complexity index is 857. The lowest BCUT2D eigenvalue weighted by Gasteiger charge is -2.17. The molecular weight excluding hydrogens is 352 g/mol. The zero-order valence-electron chi connectivity index (χ0n) is 15.0. The van der Waals surface area contributed by atoms with Crippen LogP contribution in [0.15, 0.2) is 42.5 Å². The second kappa shape index (κ2) is 8.16. The largest absolute Gasteiger partial charge is 0.338 e. The maximum Gasteiger partial charge on any atom is 0.319 e. The van der Waals surface area contributed by atoms with Crippen LogP contribution in [0, 0.1) is 11.6 Å². The molecule has 0 bridgehead atoms. The summed E-state index contributed by atoms with van der Waals surface area (Å²) >= 11 is 0. The molecule has 142 valence electrons. The molecule has 3 rings (SSSR count). The molecule has 7 heteroatoms. The van der Waals surface area contributed by atoms with Gasteiger partial charge in [-0.1, -0.05) is 18.2 Å². The minimum Gasteiger partial charge on any atom is -0.338 e. The Hall–Kier alpha value is -2.96. The highest BCUT2D eigenvalue weighted by atomic mass is 19.2. The average Bonchev–Trinajstić information content (AvgIpc) is 3.02. The van der Waals surface area contributed by atoms with E-state index in [9.17, 15) is 18.4 Å². The summed E-state index contributed by atoms with van der Waals surface area (Å²) in [7, 11) is 0. The number of hydrogen-bond acceptors (Lipinski definition) is 2. The number of halogens is 2. The number of hydrogen-bond donors (Lipinski definition) is 2. The van der Waals surface area contributed by atoms with E-state index >= 15 is 0 Å². The smallest absolute Gasteiger partial charge is 0.319 e. The van der Waals surface area contributed by atoms with E-state index in [1.807, 2.05) is 18.2 Å². The molecule has 2 aromatic rings. The standard InChI is InChI=1S/C20H21F2N3O2/c1-13(15-7-8-17(21)18(22)11-15)23-20(27)24-16-5-2-4-14(10-16)12-25-9-3-6-19(25)26/h2,4-5,7-8,10-11,13H,3,6,9,12H2,1H3,(H2,23,24,27)/t13-/m0/s1. The van der Waals surface area contributed by atoms with Crippen LogP contribution in [0.5, 0.6) is 0 Å². The Labute approximate surface area is 156 Å². The fourth-order valence-electron chi connectivity index (χ4n) is 3.07. The van der Waals surface area contributed by atoms with E-state index in [2.05, 4.69) is 10.6 Å². The predicted molar refractivity (Wildman–Crippen MR) is 98.0 cm³/mol. The molecule has 1 saturated heterocycles. The summed E-state index contributed by atoms with van der Waals surface area (Å²) in [6.07, 6.45) is 1.46. The topological polar surface area (TPSA) is 61.4 Å². The lowest BCUT2D eigenvalue weighted by Crippen LogP contribution is -2.31. The molecule has 1 aliphatic heterocycles. The lowest BCUT2D eigenvalue weighted by atomic mass is 10.1. The predicted octanol–water partition coefficient (Wildman–Crippen LogP) is 3.97. The van der Waals surface area contributed by atoms with Crippen LogP contribution in [0.25, 0.3) is 0 Å². The summed E-state index contributed by atoms with van der Waals surface area (Å²) in [4.78, 5) is 25.7. The minimum atomic E-state index is -0.953. The first-order valence-electron chi connectivity index (χ1n) is 8.81. The Morgan fingerprint density at radius 2 is 2.00 bits per heavy atom. The van der Waals surface area contributed by atoms with Crippen LogP contribution in [0.3, 0.4) is 0 Å². The van der Waals surface area contributed by atoms with Crippen LogP contribution in [-0.2, 0) is 11.3 Å². The van der Waals surface area contributed by atoms with Gasteiger partial charge in [0, 0.05) is 25.2 Å². The van der Waals surface area contributed by atoms with Gasteiger partial charge in [0.25, 0.3) is 0 Å². The van der Waals surface area contributed by atoms with Gasteiger partial charge in [-0.3, -0.25) is 4.79 Å². The van der Waals surface area contributed by atoms with Gasteiger partial charge in [0.15, 0.2) is 11.6 Å². The highest BCUT2D eigenvalue weighted by Gasteiger charge is 2.20. The van der Waals surface area contributed by atoms with Crippen molar-refractivity contribution in [2.75, 3.05) is 11.9 Å². The van der Waals surface area contributed by atoms with Gasteiger partial charge in [0.2, 0.25) is 5.91 Å². The number of carbonyl (C=O) groups excluding carboxylic acids is 2. The summed E-state index contributed by atoms with van der Waals surface area (Å²) in [6.45, 7) is 2.95. The third kappa shape index (κ3) is 4.81. The molecule has 0 radical (unpaired) electrons. The monoisotopic (exact) mass is 373 g/mol. The molecule has 0 saturated carbocycles. The summed E-state index contributed by atoms with van der Waals surface area (Å²) in [5, 5.41) is 5.41.